The number of fused-ring (bicyclic) bond motifs is 8. The maximum Gasteiger partial charge on any atom is 0.231 e. The average Bonchev–Trinajstić information content (AvgIpc) is 0.719. The lowest BCUT2D eigenvalue weighted by Gasteiger charge is -2.38. The molecule has 0 N–H and O–H groups in total. The average molecular weight is 2010 g/mol. The molecule has 28 rings (SSSR count). The molecule has 0 saturated carbocycles. The maximum atomic E-state index is 7.92. The Morgan fingerprint density at radius 2 is 0.333 bits per heavy atom. The SMILES string of the molecule is CCCC1c2cc3c4c5c2OCOc2c1cc1c6c2CSCCOc2c7c8cc9c2OCOc2c(cc%10c%11c2OCCSCc2c(c(cc%12c2OCOc2c(cc(c(c2CSCCOc2c%13c(cc(c2OCO%11)C%10CCc2ccccc2)C(CCc2ccccc2)c2cc(c(c(c2OCO%13)OCCSC5)OCO7)C8CCc2ccccc2)OCO4)C3CCC)C%12CCC)C1CCC)OCO6)C9CCc1ccccc1. The summed E-state index contributed by atoms with van der Waals surface area (Å²) >= 11 is 7.09. The van der Waals surface area contributed by atoms with Gasteiger partial charge in [0.15, 0.2) is 46.0 Å². The quantitative estimate of drug-likeness (QED) is 0.0701. The minimum Gasteiger partial charge on any atom is -0.486 e. The molecule has 0 atom stereocenters. The highest BCUT2D eigenvalue weighted by molar-refractivity contribution is 7.99. The highest BCUT2D eigenvalue weighted by atomic mass is 32.2. The molecule has 144 heavy (non-hydrogen) atoms. The van der Waals surface area contributed by atoms with Gasteiger partial charge in [0, 0.05) is 205 Å². The first kappa shape index (κ1) is 93.1. The van der Waals surface area contributed by atoms with Crippen molar-refractivity contribution in [3.63, 3.8) is 0 Å². The van der Waals surface area contributed by atoms with E-state index < -0.39 is 23.7 Å². The molecule has 16 aliphatic rings. The van der Waals surface area contributed by atoms with Gasteiger partial charge in [-0.1, -0.05) is 175 Å². The smallest absolute Gasteiger partial charge is 0.231 e. The topological polar surface area (TPSA) is 185 Å². The van der Waals surface area contributed by atoms with Crippen LogP contribution >= 0.6 is 47.0 Å². The predicted octanol–water partition coefficient (Wildman–Crippen LogP) is 27.1. The molecular formula is C120H120O20S4. The second-order valence-electron chi connectivity index (χ2n) is 39.5. The summed E-state index contributed by atoms with van der Waals surface area (Å²) in [5, 5.41) is 0. The van der Waals surface area contributed by atoms with Gasteiger partial charge in [-0.2, -0.15) is 47.0 Å². The molecule has 0 fully saturated rings. The van der Waals surface area contributed by atoms with Crippen molar-refractivity contribution >= 4 is 47.0 Å². The molecule has 0 radical (unpaired) electrons. The van der Waals surface area contributed by atoms with E-state index in [-0.39, 0.29) is 104 Å². The van der Waals surface area contributed by atoms with Gasteiger partial charge in [-0.3, -0.25) is 0 Å². The Hall–Kier alpha value is -12.0. The summed E-state index contributed by atoms with van der Waals surface area (Å²) in [6.07, 6.45) is 11.2. The molecule has 12 aromatic rings. The molecule has 744 valence electrons. The third-order valence-corrected chi connectivity index (χ3v) is 35.0. The molecule has 20 nitrogen and oxygen atoms in total. The third-order valence-electron chi connectivity index (χ3n) is 31.2. The fourth-order valence-corrected chi connectivity index (χ4v) is 28.1. The summed E-state index contributed by atoms with van der Waals surface area (Å²) < 4.78 is 153. The second kappa shape index (κ2) is 41.2. The summed E-state index contributed by atoms with van der Waals surface area (Å²) in [5.41, 5.74) is 24.2. The van der Waals surface area contributed by atoms with Crippen molar-refractivity contribution in [2.24, 2.45) is 0 Å². The highest BCUT2D eigenvalue weighted by Crippen LogP contribution is 2.66. The highest BCUT2D eigenvalue weighted by Gasteiger charge is 2.48. The zero-order valence-corrected chi connectivity index (χ0v) is 85.3. The second-order valence-corrected chi connectivity index (χ2v) is 43.9. The van der Waals surface area contributed by atoms with Crippen LogP contribution in [-0.2, 0) is 48.7 Å². The van der Waals surface area contributed by atoms with Gasteiger partial charge in [0.05, 0.1) is 26.4 Å². The molecule has 12 aromatic carbocycles. The number of hydrogen-bond donors (Lipinski definition) is 0. The van der Waals surface area contributed by atoms with Crippen LogP contribution in [0, 0.1) is 0 Å². The molecule has 0 saturated heterocycles. The van der Waals surface area contributed by atoms with Crippen molar-refractivity contribution in [2.75, 3.05) is 104 Å². The van der Waals surface area contributed by atoms with Crippen LogP contribution in [0.2, 0.25) is 0 Å². The molecule has 15 aliphatic heterocycles. The summed E-state index contributed by atoms with van der Waals surface area (Å²) in [6, 6.07) is 62.9. The lowest BCUT2D eigenvalue weighted by atomic mass is 9.74. The minimum absolute atomic E-state index is 0.117. The standard InChI is InChI=1S/C120H120O20S4/c1-5-21-73-81-49-83-74(22-6-2)85-51-87-76(24-8-4)88-52-86-75(23-7-3)84-50-82(73)102-98-58-142-46-42-122-118-110-90-54-92-79(39-35-71-29-17-11-18-30-71)94-56-96-80(40-36-72-31-19-12-20-32-72)95-55-93-78(38-34-70-27-15-10-16-28-70)91-53-89(77(90)37-33-69-25-13-9-14-26-69)109(133-65-134-110)117-111(91)135-66-137-113(93)119-115(95)139-68-140-116(96)120(114(94)138-67-136-112(92)118)124-44-48-144-60-100(106(86)130-63-128-104(84)98)108(88)132-64-131-107(87)99(59-143-47-43-123-119)105(85)129-62-127-103(83)97(57-141-45-41-121-117)101(81)125-61-126-102/h9-20,25-32,49-56,73-80H,5-8,21-24,33-48,57-68H2,1-4H3. The van der Waals surface area contributed by atoms with Crippen LogP contribution in [0.5, 0.6) is 115 Å². The van der Waals surface area contributed by atoms with Gasteiger partial charge < -0.3 is 94.7 Å². The summed E-state index contributed by atoms with van der Waals surface area (Å²) in [6.45, 7) is 8.46. The van der Waals surface area contributed by atoms with E-state index in [1.807, 2.05) is 0 Å². The summed E-state index contributed by atoms with van der Waals surface area (Å²) in [4.78, 5) is 0. The van der Waals surface area contributed by atoms with E-state index in [0.29, 0.717) is 166 Å². The Balaban J connectivity index is 0.842. The van der Waals surface area contributed by atoms with Crippen LogP contribution in [0.3, 0.4) is 0 Å². The van der Waals surface area contributed by atoms with Crippen LogP contribution in [0.1, 0.15) is 286 Å². The van der Waals surface area contributed by atoms with E-state index in [0.717, 1.165) is 209 Å². The molecular weight excluding hydrogens is 1890 g/mol. The molecule has 15 heterocycles. The largest absolute Gasteiger partial charge is 0.486 e. The van der Waals surface area contributed by atoms with E-state index in [1.54, 1.807) is 47.0 Å². The van der Waals surface area contributed by atoms with Crippen molar-refractivity contribution < 1.29 is 94.7 Å². The minimum atomic E-state index is -0.528. The fraction of sp³-hybridized carbons (Fsp3) is 0.400. The van der Waals surface area contributed by atoms with Gasteiger partial charge in [-0.15, -0.1) is 0 Å². The Kier molecular flexibility index (Phi) is 26.6. The first-order valence-corrected chi connectivity index (χ1v) is 56.6. The molecule has 0 aromatic heterocycles. The molecule has 0 amide bonds. The van der Waals surface area contributed by atoms with Gasteiger partial charge in [-0.25, -0.2) is 0 Å². The van der Waals surface area contributed by atoms with Crippen molar-refractivity contribution in [1.29, 1.82) is 0 Å². The van der Waals surface area contributed by atoms with Crippen LogP contribution in [0.15, 0.2) is 170 Å². The van der Waals surface area contributed by atoms with Gasteiger partial charge in [-0.05, 0) is 148 Å². The maximum absolute atomic E-state index is 7.92. The Labute approximate surface area is 858 Å². The summed E-state index contributed by atoms with van der Waals surface area (Å²) in [5.74, 6) is 12.3. The Morgan fingerprint density at radius 1 is 0.181 bits per heavy atom. The van der Waals surface area contributed by atoms with E-state index in [4.69, 9.17) is 94.7 Å². The van der Waals surface area contributed by atoms with Crippen LogP contribution < -0.4 is 94.7 Å². The summed E-state index contributed by atoms with van der Waals surface area (Å²) in [7, 11) is 0. The molecule has 24 heteroatoms. The Bertz CT molecular complexity index is 5790. The van der Waals surface area contributed by atoms with Gasteiger partial charge in [0.25, 0.3) is 0 Å². The number of hydrogen-bond acceptors (Lipinski definition) is 24. The van der Waals surface area contributed by atoms with Gasteiger partial charge in [0.1, 0.15) is 46.0 Å². The normalized spacial score (nSPS) is 20.7. The molecule has 1 aliphatic carbocycles. The van der Waals surface area contributed by atoms with Crippen molar-refractivity contribution in [3.8, 4) is 115 Å². The van der Waals surface area contributed by atoms with Crippen molar-refractivity contribution in [1.82, 2.24) is 0 Å². The number of ether oxygens (including phenoxy) is 20. The molecule has 38 bridgehead atoms. The zero-order chi connectivity index (χ0) is 96.2. The van der Waals surface area contributed by atoms with Crippen molar-refractivity contribution in [3.05, 3.63) is 303 Å². The van der Waals surface area contributed by atoms with Crippen LogP contribution in [-0.4, -0.2) is 104 Å². The molecule has 0 unspecified atom stereocenters. The first-order chi connectivity index (χ1) is 71.3. The number of aryl methyl sites for hydroxylation is 4. The monoisotopic (exact) mass is 2010 g/mol. The lowest BCUT2D eigenvalue weighted by Crippen LogP contribution is -2.25. The Morgan fingerprint density at radius 3 is 0.500 bits per heavy atom. The van der Waals surface area contributed by atoms with Crippen LogP contribution in [0.4, 0.5) is 0 Å². The van der Waals surface area contributed by atoms with Crippen LogP contribution in [0.25, 0.3) is 0 Å². The van der Waals surface area contributed by atoms with E-state index >= 15 is 0 Å². The van der Waals surface area contributed by atoms with E-state index in [1.165, 1.54) is 22.3 Å². The predicted molar refractivity (Wildman–Crippen MR) is 561 cm³/mol. The lowest BCUT2D eigenvalue weighted by molar-refractivity contribution is 0.0834. The fourth-order valence-electron chi connectivity index (χ4n) is 24.9. The molecule has 0 spiro atoms. The van der Waals surface area contributed by atoms with E-state index in [2.05, 4.69) is 198 Å². The number of benzene rings is 12. The van der Waals surface area contributed by atoms with Gasteiger partial charge >= 0.3 is 0 Å². The first-order valence-electron chi connectivity index (χ1n) is 52.0. The zero-order valence-electron chi connectivity index (χ0n) is 82.0. The number of rotatable bonds is 20. The van der Waals surface area contributed by atoms with Crippen molar-refractivity contribution in [2.45, 2.75) is 201 Å². The van der Waals surface area contributed by atoms with E-state index in [9.17, 15) is 0 Å². The number of thioether (sulfide) groups is 4. The van der Waals surface area contributed by atoms with Gasteiger partial charge in [0.2, 0.25) is 77.3 Å². The third kappa shape index (κ3) is 17.1.